The summed E-state index contributed by atoms with van der Waals surface area (Å²) in [5.41, 5.74) is -1.15. The molecule has 2 amide bonds. The lowest BCUT2D eigenvalue weighted by Crippen LogP contribution is -2.47. The summed E-state index contributed by atoms with van der Waals surface area (Å²) in [7, 11) is -3.62. The van der Waals surface area contributed by atoms with Crippen LogP contribution in [0.5, 0.6) is 5.75 Å². The van der Waals surface area contributed by atoms with Gasteiger partial charge >= 0.3 is 6.18 Å². The molecule has 0 aromatic heterocycles. The second-order valence-electron chi connectivity index (χ2n) is 9.58. The molecule has 2 aliphatic rings. The SMILES string of the molecule is CCOc1ccc(S(C)(=O)=O)cc1C(=O)N1CCC[C@@H]1C(=O)NC(c1ccc(C(F)(F)F)cc1F)C1CC1. The van der Waals surface area contributed by atoms with Crippen LogP contribution in [-0.4, -0.2) is 50.6 Å². The van der Waals surface area contributed by atoms with E-state index in [2.05, 4.69) is 5.32 Å². The number of rotatable bonds is 8. The van der Waals surface area contributed by atoms with E-state index >= 15 is 0 Å². The molecular weight excluding hydrogens is 528 g/mol. The lowest BCUT2D eigenvalue weighted by molar-refractivity contribution is -0.137. The van der Waals surface area contributed by atoms with Crippen molar-refractivity contribution < 1.29 is 40.3 Å². The van der Waals surface area contributed by atoms with E-state index in [1.807, 2.05) is 0 Å². The number of nitrogens with zero attached hydrogens (tertiary/aromatic N) is 1. The summed E-state index contributed by atoms with van der Waals surface area (Å²) in [4.78, 5) is 28.1. The van der Waals surface area contributed by atoms with Crippen LogP contribution in [0.4, 0.5) is 17.6 Å². The average Bonchev–Trinajstić information content (AvgIpc) is 3.56. The van der Waals surface area contributed by atoms with Gasteiger partial charge in [0.05, 0.1) is 28.7 Å². The maximum atomic E-state index is 14.7. The van der Waals surface area contributed by atoms with Gasteiger partial charge in [-0.3, -0.25) is 9.59 Å². The molecule has 2 aromatic carbocycles. The first-order valence-corrected chi connectivity index (χ1v) is 14.1. The van der Waals surface area contributed by atoms with E-state index in [1.54, 1.807) is 6.92 Å². The molecule has 4 rings (SSSR count). The molecule has 38 heavy (non-hydrogen) atoms. The Kier molecular flexibility index (Phi) is 7.74. The summed E-state index contributed by atoms with van der Waals surface area (Å²) >= 11 is 0. The fourth-order valence-corrected chi connectivity index (χ4v) is 5.36. The highest BCUT2D eigenvalue weighted by Crippen LogP contribution is 2.43. The number of nitrogens with one attached hydrogen (secondary N) is 1. The number of sulfone groups is 1. The first kappa shape index (κ1) is 27.9. The number of likely N-dealkylation sites (tertiary alicyclic amines) is 1. The van der Waals surface area contributed by atoms with E-state index in [0.29, 0.717) is 31.7 Å². The van der Waals surface area contributed by atoms with E-state index in [4.69, 9.17) is 4.74 Å². The van der Waals surface area contributed by atoms with E-state index in [0.717, 1.165) is 18.4 Å². The van der Waals surface area contributed by atoms with Crippen molar-refractivity contribution in [3.8, 4) is 5.75 Å². The van der Waals surface area contributed by atoms with Crippen molar-refractivity contribution in [1.82, 2.24) is 10.2 Å². The maximum absolute atomic E-state index is 14.7. The summed E-state index contributed by atoms with van der Waals surface area (Å²) in [5, 5.41) is 2.77. The largest absolute Gasteiger partial charge is 0.493 e. The number of halogens is 4. The average molecular weight is 557 g/mol. The maximum Gasteiger partial charge on any atom is 0.416 e. The highest BCUT2D eigenvalue weighted by atomic mass is 32.2. The van der Waals surface area contributed by atoms with Gasteiger partial charge < -0.3 is 15.0 Å². The Morgan fingerprint density at radius 2 is 1.84 bits per heavy atom. The van der Waals surface area contributed by atoms with Crippen molar-refractivity contribution in [3.63, 3.8) is 0 Å². The lowest BCUT2D eigenvalue weighted by atomic mass is 9.99. The quantitative estimate of drug-likeness (QED) is 0.483. The molecular formula is C26H28F4N2O5S. The zero-order valence-electron chi connectivity index (χ0n) is 20.8. The van der Waals surface area contributed by atoms with E-state index in [1.165, 1.54) is 23.1 Å². The third kappa shape index (κ3) is 5.95. The lowest BCUT2D eigenvalue weighted by Gasteiger charge is -2.28. The van der Waals surface area contributed by atoms with Gasteiger partial charge in [-0.25, -0.2) is 12.8 Å². The van der Waals surface area contributed by atoms with E-state index in [-0.39, 0.29) is 40.8 Å². The van der Waals surface area contributed by atoms with Crippen molar-refractivity contribution >= 4 is 21.7 Å². The van der Waals surface area contributed by atoms with Crippen LogP contribution in [0.1, 0.15) is 60.1 Å². The van der Waals surface area contributed by atoms with Gasteiger partial charge in [0.1, 0.15) is 17.6 Å². The number of hydrogen-bond acceptors (Lipinski definition) is 5. The van der Waals surface area contributed by atoms with Gasteiger partial charge in [-0.1, -0.05) is 6.07 Å². The number of hydrogen-bond donors (Lipinski definition) is 1. The minimum atomic E-state index is -4.70. The Morgan fingerprint density at radius 1 is 1.13 bits per heavy atom. The predicted molar refractivity (Wildman–Crippen MR) is 130 cm³/mol. The molecule has 1 heterocycles. The van der Waals surface area contributed by atoms with Crippen LogP contribution in [-0.2, 0) is 20.8 Å². The molecule has 2 fully saturated rings. The van der Waals surface area contributed by atoms with Gasteiger partial charge in [0.15, 0.2) is 9.84 Å². The molecule has 0 spiro atoms. The van der Waals surface area contributed by atoms with Gasteiger partial charge in [-0.05, 0) is 68.9 Å². The summed E-state index contributed by atoms with van der Waals surface area (Å²) in [6.07, 6.45) is -1.51. The fourth-order valence-electron chi connectivity index (χ4n) is 4.71. The van der Waals surface area contributed by atoms with Crippen LogP contribution >= 0.6 is 0 Å². The molecule has 2 atom stereocenters. The van der Waals surface area contributed by atoms with Crippen LogP contribution < -0.4 is 10.1 Å². The molecule has 1 saturated heterocycles. The second kappa shape index (κ2) is 10.5. The topological polar surface area (TPSA) is 92.8 Å². The smallest absolute Gasteiger partial charge is 0.416 e. The molecule has 1 aliphatic carbocycles. The summed E-state index contributed by atoms with van der Waals surface area (Å²) in [6.45, 7) is 2.17. The minimum Gasteiger partial charge on any atom is -0.493 e. The van der Waals surface area contributed by atoms with Crippen molar-refractivity contribution in [1.29, 1.82) is 0 Å². The van der Waals surface area contributed by atoms with Crippen molar-refractivity contribution in [2.45, 2.75) is 55.8 Å². The standard InChI is InChI=1S/C26H28F4N2O5S/c1-3-37-22-11-9-17(38(2,35)36)14-19(22)25(34)32-12-4-5-21(32)24(33)31-23(15-6-7-15)18-10-8-16(13-20(18)27)26(28,29)30/h8-11,13-15,21,23H,3-7,12H2,1-2H3,(H,31,33)/t21-,23?/m1/s1. The predicted octanol–water partition coefficient (Wildman–Crippen LogP) is 4.52. The van der Waals surface area contributed by atoms with Gasteiger partial charge in [0.25, 0.3) is 5.91 Å². The van der Waals surface area contributed by atoms with Crippen LogP contribution in [0.3, 0.4) is 0 Å². The molecule has 206 valence electrons. The highest BCUT2D eigenvalue weighted by molar-refractivity contribution is 7.90. The minimum absolute atomic E-state index is 0.00185. The Hall–Kier alpha value is -3.15. The highest BCUT2D eigenvalue weighted by Gasteiger charge is 2.41. The molecule has 1 aliphatic heterocycles. The Balaban J connectivity index is 1.59. The first-order valence-electron chi connectivity index (χ1n) is 12.3. The van der Waals surface area contributed by atoms with Crippen molar-refractivity contribution in [3.05, 3.63) is 58.9 Å². The van der Waals surface area contributed by atoms with E-state index in [9.17, 15) is 35.6 Å². The van der Waals surface area contributed by atoms with E-state index < -0.39 is 51.3 Å². The second-order valence-corrected chi connectivity index (χ2v) is 11.6. The number of amides is 2. The normalized spacial score (nSPS) is 18.8. The number of ether oxygens (including phenoxy) is 1. The molecule has 0 radical (unpaired) electrons. The van der Waals surface area contributed by atoms with Crippen LogP contribution in [0.25, 0.3) is 0 Å². The number of carbonyl (C=O) groups is 2. The fraction of sp³-hybridized carbons (Fsp3) is 0.462. The molecule has 0 bridgehead atoms. The number of benzene rings is 2. The zero-order valence-corrected chi connectivity index (χ0v) is 21.7. The van der Waals surface area contributed by atoms with Crippen molar-refractivity contribution in [2.75, 3.05) is 19.4 Å². The first-order chi connectivity index (χ1) is 17.8. The van der Waals surface area contributed by atoms with Crippen LogP contribution in [0.2, 0.25) is 0 Å². The summed E-state index contributed by atoms with van der Waals surface area (Å²) in [5.74, 6) is -2.15. The summed E-state index contributed by atoms with van der Waals surface area (Å²) in [6, 6.07) is 4.46. The van der Waals surface area contributed by atoms with Gasteiger partial charge in [-0.15, -0.1) is 0 Å². The monoisotopic (exact) mass is 556 g/mol. The number of alkyl halides is 3. The molecule has 12 heteroatoms. The molecule has 2 aromatic rings. The molecule has 1 saturated carbocycles. The Morgan fingerprint density at radius 3 is 2.42 bits per heavy atom. The van der Waals surface area contributed by atoms with Crippen LogP contribution in [0, 0.1) is 11.7 Å². The van der Waals surface area contributed by atoms with Gasteiger partial charge in [-0.2, -0.15) is 13.2 Å². The number of carbonyl (C=O) groups excluding carboxylic acids is 2. The third-order valence-corrected chi connectivity index (χ3v) is 7.89. The van der Waals surface area contributed by atoms with Gasteiger partial charge in [0.2, 0.25) is 5.91 Å². The zero-order chi connectivity index (χ0) is 27.8. The summed E-state index contributed by atoms with van der Waals surface area (Å²) < 4.78 is 83.4. The third-order valence-electron chi connectivity index (χ3n) is 6.78. The van der Waals surface area contributed by atoms with Gasteiger partial charge in [0, 0.05) is 18.4 Å². The molecule has 1 N–H and O–H groups in total. The molecule has 7 nitrogen and oxygen atoms in total. The Labute approximate surface area is 218 Å². The Bertz CT molecular complexity index is 1340. The molecule has 1 unspecified atom stereocenters. The van der Waals surface area contributed by atoms with Crippen LogP contribution in [0.15, 0.2) is 41.3 Å². The van der Waals surface area contributed by atoms with Crippen molar-refractivity contribution in [2.24, 2.45) is 5.92 Å².